The summed E-state index contributed by atoms with van der Waals surface area (Å²) in [6.07, 6.45) is 1.75. The van der Waals surface area contributed by atoms with Gasteiger partial charge in [-0.15, -0.1) is 11.3 Å². The van der Waals surface area contributed by atoms with Gasteiger partial charge in [0.25, 0.3) is 0 Å². The molecule has 0 saturated heterocycles. The monoisotopic (exact) mass is 311 g/mol. The van der Waals surface area contributed by atoms with Gasteiger partial charge in [-0.3, -0.25) is 0 Å². The average Bonchev–Trinajstić information content (AvgIpc) is 3.04. The van der Waals surface area contributed by atoms with E-state index in [1.807, 2.05) is 36.4 Å². The second-order valence-corrected chi connectivity index (χ2v) is 5.62. The molecule has 0 aliphatic heterocycles. The lowest BCUT2D eigenvalue weighted by atomic mass is 10.1. The molecule has 4 nitrogen and oxygen atoms in total. The summed E-state index contributed by atoms with van der Waals surface area (Å²) in [7, 11) is 1.48. The number of carbonyl (C=O) groups is 1. The van der Waals surface area contributed by atoms with E-state index in [2.05, 4.69) is 4.98 Å². The van der Waals surface area contributed by atoms with Gasteiger partial charge in [-0.25, -0.2) is 9.78 Å². The number of methoxy groups -OCH3 is 1. The van der Waals surface area contributed by atoms with Crippen molar-refractivity contribution in [2.24, 2.45) is 0 Å². The Morgan fingerprint density at radius 2 is 1.91 bits per heavy atom. The summed E-state index contributed by atoms with van der Waals surface area (Å²) < 4.78 is 5.31. The van der Waals surface area contributed by atoms with E-state index in [4.69, 9.17) is 4.74 Å². The third-order valence-corrected chi connectivity index (χ3v) is 4.32. The van der Waals surface area contributed by atoms with Crippen LogP contribution in [0.1, 0.15) is 10.4 Å². The van der Waals surface area contributed by atoms with Crippen LogP contribution in [0.5, 0.6) is 5.75 Å². The second-order valence-electron chi connectivity index (χ2n) is 4.59. The zero-order chi connectivity index (χ0) is 15.5. The van der Waals surface area contributed by atoms with Crippen LogP contribution in [0.15, 0.2) is 54.7 Å². The molecule has 1 N–H and O–H groups in total. The quantitative estimate of drug-likeness (QED) is 0.785. The van der Waals surface area contributed by atoms with Crippen molar-refractivity contribution < 1.29 is 14.6 Å². The fourth-order valence-corrected chi connectivity index (χ4v) is 3.18. The lowest BCUT2D eigenvalue weighted by Crippen LogP contribution is -2.01. The van der Waals surface area contributed by atoms with Crippen molar-refractivity contribution in [3.63, 3.8) is 0 Å². The summed E-state index contributed by atoms with van der Waals surface area (Å²) in [6.45, 7) is 0. The summed E-state index contributed by atoms with van der Waals surface area (Å²) in [5, 5.41) is 10.1. The number of thiazole rings is 1. The van der Waals surface area contributed by atoms with Crippen LogP contribution in [0.3, 0.4) is 0 Å². The van der Waals surface area contributed by atoms with Crippen LogP contribution in [0, 0.1) is 0 Å². The van der Waals surface area contributed by atoms with Crippen molar-refractivity contribution >= 4 is 17.3 Å². The first kappa shape index (κ1) is 14.3. The number of carboxylic acid groups (broad SMARTS) is 1. The molecule has 1 heterocycles. The van der Waals surface area contributed by atoms with Gasteiger partial charge in [0.15, 0.2) is 0 Å². The Kier molecular flexibility index (Phi) is 3.89. The first-order chi connectivity index (χ1) is 10.7. The minimum Gasteiger partial charge on any atom is -0.495 e. The van der Waals surface area contributed by atoms with Crippen LogP contribution in [-0.2, 0) is 0 Å². The maximum Gasteiger partial charge on any atom is 0.339 e. The minimum atomic E-state index is -1.01. The zero-order valence-electron chi connectivity index (χ0n) is 11.8. The van der Waals surface area contributed by atoms with Crippen LogP contribution >= 0.6 is 11.3 Å². The Bertz CT molecular complexity index is 812. The number of hydrogen-bond acceptors (Lipinski definition) is 4. The first-order valence-corrected chi connectivity index (χ1v) is 7.44. The van der Waals surface area contributed by atoms with Gasteiger partial charge < -0.3 is 9.84 Å². The fraction of sp³-hybridized carbons (Fsp3) is 0.0588. The van der Waals surface area contributed by atoms with Crippen LogP contribution < -0.4 is 4.74 Å². The highest BCUT2D eigenvalue weighted by molar-refractivity contribution is 7.18. The molecule has 0 fully saturated rings. The average molecular weight is 311 g/mol. The number of aromatic nitrogens is 1. The Morgan fingerprint density at radius 1 is 1.14 bits per heavy atom. The lowest BCUT2D eigenvalue weighted by Gasteiger charge is -2.09. The van der Waals surface area contributed by atoms with E-state index >= 15 is 0 Å². The number of para-hydroxylation sites is 1. The van der Waals surface area contributed by atoms with Crippen LogP contribution in [0.25, 0.3) is 21.0 Å². The first-order valence-electron chi connectivity index (χ1n) is 6.62. The molecule has 3 rings (SSSR count). The summed E-state index contributed by atoms with van der Waals surface area (Å²) in [6, 6.07) is 14.9. The number of aromatic carboxylic acids is 1. The lowest BCUT2D eigenvalue weighted by molar-refractivity contribution is 0.0693. The van der Waals surface area contributed by atoms with Crippen LogP contribution in [0.2, 0.25) is 0 Å². The van der Waals surface area contributed by atoms with Gasteiger partial charge in [0.05, 0.1) is 12.0 Å². The van der Waals surface area contributed by atoms with Crippen molar-refractivity contribution in [1.29, 1.82) is 0 Å². The molecule has 0 aliphatic carbocycles. The molecule has 1 aromatic heterocycles. The third-order valence-electron chi connectivity index (χ3n) is 3.24. The molecule has 0 atom stereocenters. The van der Waals surface area contributed by atoms with Crippen molar-refractivity contribution in [3.05, 3.63) is 60.3 Å². The fourth-order valence-electron chi connectivity index (χ4n) is 2.23. The van der Waals surface area contributed by atoms with Gasteiger partial charge in [0, 0.05) is 17.3 Å². The Balaban J connectivity index is 2.08. The molecule has 110 valence electrons. The van der Waals surface area contributed by atoms with Gasteiger partial charge in [-0.1, -0.05) is 36.4 Å². The molecule has 2 aromatic carbocycles. The molecule has 0 bridgehead atoms. The minimum absolute atomic E-state index is 0.148. The topological polar surface area (TPSA) is 59.4 Å². The molecule has 0 amide bonds. The van der Waals surface area contributed by atoms with Gasteiger partial charge in [-0.05, 0) is 12.1 Å². The zero-order valence-corrected chi connectivity index (χ0v) is 12.6. The van der Waals surface area contributed by atoms with Crippen molar-refractivity contribution in [2.45, 2.75) is 0 Å². The van der Waals surface area contributed by atoms with Crippen molar-refractivity contribution in [1.82, 2.24) is 4.98 Å². The van der Waals surface area contributed by atoms with E-state index in [0.29, 0.717) is 5.75 Å². The second kappa shape index (κ2) is 5.99. The van der Waals surface area contributed by atoms with E-state index in [1.165, 1.54) is 24.5 Å². The van der Waals surface area contributed by atoms with Gasteiger partial charge in [-0.2, -0.15) is 0 Å². The highest BCUT2D eigenvalue weighted by Crippen LogP contribution is 2.38. The Morgan fingerprint density at radius 3 is 2.59 bits per heavy atom. The van der Waals surface area contributed by atoms with E-state index in [9.17, 15) is 9.90 Å². The number of hydrogen-bond donors (Lipinski definition) is 1. The van der Waals surface area contributed by atoms with Crippen LogP contribution in [0.4, 0.5) is 0 Å². The maximum absolute atomic E-state index is 11.3. The molecule has 3 aromatic rings. The maximum atomic E-state index is 11.3. The highest BCUT2D eigenvalue weighted by atomic mass is 32.1. The number of rotatable bonds is 4. The Labute approximate surface area is 131 Å². The predicted octanol–water partition coefficient (Wildman–Crippen LogP) is 4.18. The standard InChI is InChI=1S/C17H13NO3S/c1-21-15-12(8-5-9-13(15)17(19)20)14-10-18-16(22-14)11-6-3-2-4-7-11/h2-10H,1H3,(H,19,20). The number of nitrogens with zero attached hydrogens (tertiary/aromatic N) is 1. The van der Waals surface area contributed by atoms with Gasteiger partial charge in [0.1, 0.15) is 16.3 Å². The molecule has 0 unspecified atom stereocenters. The molecule has 5 heteroatoms. The third kappa shape index (κ3) is 2.58. The number of benzene rings is 2. The highest BCUT2D eigenvalue weighted by Gasteiger charge is 2.17. The normalized spacial score (nSPS) is 10.4. The molecular formula is C17H13NO3S. The van der Waals surface area contributed by atoms with Gasteiger partial charge >= 0.3 is 5.97 Å². The molecule has 0 saturated carbocycles. The summed E-state index contributed by atoms with van der Waals surface area (Å²) in [4.78, 5) is 16.6. The Hall–Kier alpha value is -2.66. The predicted molar refractivity (Wildman–Crippen MR) is 86.5 cm³/mol. The molecule has 0 spiro atoms. The van der Waals surface area contributed by atoms with Crippen LogP contribution in [-0.4, -0.2) is 23.2 Å². The molecule has 22 heavy (non-hydrogen) atoms. The molecular weight excluding hydrogens is 298 g/mol. The van der Waals surface area contributed by atoms with E-state index in [0.717, 1.165) is 21.0 Å². The van der Waals surface area contributed by atoms with E-state index in [1.54, 1.807) is 12.3 Å². The summed E-state index contributed by atoms with van der Waals surface area (Å²) in [5.74, 6) is -0.648. The number of carboxylic acids is 1. The van der Waals surface area contributed by atoms with E-state index in [-0.39, 0.29) is 5.56 Å². The van der Waals surface area contributed by atoms with Gasteiger partial charge in [0.2, 0.25) is 0 Å². The smallest absolute Gasteiger partial charge is 0.339 e. The molecule has 0 aliphatic rings. The number of ether oxygens (including phenoxy) is 1. The summed E-state index contributed by atoms with van der Waals surface area (Å²) >= 11 is 1.50. The largest absolute Gasteiger partial charge is 0.495 e. The van der Waals surface area contributed by atoms with Crippen molar-refractivity contribution in [2.75, 3.05) is 7.11 Å². The summed E-state index contributed by atoms with van der Waals surface area (Å²) in [5.41, 5.74) is 1.92. The van der Waals surface area contributed by atoms with E-state index < -0.39 is 5.97 Å². The SMILES string of the molecule is COc1c(C(=O)O)cccc1-c1cnc(-c2ccccc2)s1. The molecule has 0 radical (unpaired) electrons. The van der Waals surface area contributed by atoms with Crippen molar-refractivity contribution in [3.8, 4) is 26.8 Å².